The molecule has 0 atom stereocenters. The SMILES string of the molecule is C#CC#CC.c1ccc(-n2c3ccccc3c3ccc(N(c4ccc5ccccc5c4)c4ccc5c6c(cccc46)C4(c6ccccc6-c6ccccc64)c4ccccc4-5)cc32)cc1.c1ccc(-n2c3ccccc3c3ccc(Nc4ccc5ccccc5c4)cc32)cc1. The van der Waals surface area contributed by atoms with E-state index in [0.717, 1.165) is 34.1 Å². The maximum atomic E-state index is 4.72. The van der Waals surface area contributed by atoms with Crippen LogP contribution in [0.4, 0.5) is 28.4 Å². The van der Waals surface area contributed by atoms with Crippen LogP contribution in [0.5, 0.6) is 0 Å². The van der Waals surface area contributed by atoms with Gasteiger partial charge in [-0.25, -0.2) is 0 Å². The second kappa shape index (κ2) is 23.0. The summed E-state index contributed by atoms with van der Waals surface area (Å²) in [7, 11) is 0. The molecule has 4 heteroatoms. The summed E-state index contributed by atoms with van der Waals surface area (Å²) >= 11 is 0. The van der Waals surface area contributed by atoms with Crippen molar-refractivity contribution in [2.45, 2.75) is 12.3 Å². The highest BCUT2D eigenvalue weighted by molar-refractivity contribution is 6.15. The van der Waals surface area contributed by atoms with Gasteiger partial charge in [0.1, 0.15) is 0 Å². The van der Waals surface area contributed by atoms with Crippen molar-refractivity contribution in [2.75, 3.05) is 10.2 Å². The molecule has 0 fully saturated rings. The standard InChI is InChI=1S/C57H36N2.C28H20N2.C5H4/c1-2-17-39(18-3-1)59-53-28-13-9-22-45(53)46-32-31-41(36-55(46)59)58(40-30-29-37-15-4-5-16-38(37)35-40)54-34-33-47-44-21-8-12-26-51(44)57(52-27-14-23-48(54)56(47)52)49-24-10-6-19-42(49)43-20-7-11-25-50(43)57;1-2-10-24(11-3-1)30-27-13-7-6-12-25(27)26-17-16-23(19-28(26)30)29-22-15-14-20-8-4-5-9-21(20)18-22;1-3-5-4-2/h1-36H;1-19,29H;1H,2H3. The maximum Gasteiger partial charge on any atom is 0.0725 e. The Bertz CT molecular complexity index is 5900. The molecule has 0 amide bonds. The van der Waals surface area contributed by atoms with Crippen LogP contribution in [0.3, 0.4) is 0 Å². The number of nitrogens with zero attached hydrogens (tertiary/aromatic N) is 3. The van der Waals surface area contributed by atoms with Gasteiger partial charge < -0.3 is 19.4 Å². The molecule has 2 aliphatic rings. The van der Waals surface area contributed by atoms with E-state index in [4.69, 9.17) is 6.42 Å². The van der Waals surface area contributed by atoms with Crippen molar-refractivity contribution >= 4 is 104 Å². The van der Waals surface area contributed by atoms with Crippen LogP contribution in [0.25, 0.3) is 110 Å². The number of aromatic nitrogens is 2. The molecule has 1 spiro atoms. The minimum absolute atomic E-state index is 0.460. The summed E-state index contributed by atoms with van der Waals surface area (Å²) in [5.41, 5.74) is 22.8. The van der Waals surface area contributed by atoms with Crippen LogP contribution in [-0.4, -0.2) is 9.13 Å². The molecule has 440 valence electrons. The van der Waals surface area contributed by atoms with E-state index in [2.05, 4.69) is 371 Å². The second-order valence-corrected chi connectivity index (χ2v) is 24.1. The Morgan fingerprint density at radius 2 is 0.766 bits per heavy atom. The minimum atomic E-state index is -0.460. The Morgan fingerprint density at radius 1 is 0.330 bits per heavy atom. The summed E-state index contributed by atoms with van der Waals surface area (Å²) in [4.78, 5) is 2.49. The van der Waals surface area contributed by atoms with Gasteiger partial charge in [-0.3, -0.25) is 0 Å². The monoisotopic (exact) mass is 1200 g/mol. The molecule has 0 saturated carbocycles. The predicted molar refractivity (Wildman–Crippen MR) is 397 cm³/mol. The molecule has 0 radical (unpaired) electrons. The highest BCUT2D eigenvalue weighted by Crippen LogP contribution is 2.62. The first-order chi connectivity index (χ1) is 46.6. The van der Waals surface area contributed by atoms with Gasteiger partial charge in [0, 0.05) is 61.1 Å². The number of anilines is 5. The van der Waals surface area contributed by atoms with Crippen molar-refractivity contribution in [1.82, 2.24) is 9.13 Å². The van der Waals surface area contributed by atoms with E-state index in [0.29, 0.717) is 0 Å². The van der Waals surface area contributed by atoms with E-state index in [1.807, 2.05) is 0 Å². The normalized spacial score (nSPS) is 12.1. The smallest absolute Gasteiger partial charge is 0.0725 e. The fourth-order valence-electron chi connectivity index (χ4n) is 15.2. The Hall–Kier alpha value is -12.6. The van der Waals surface area contributed by atoms with Gasteiger partial charge in [0.2, 0.25) is 0 Å². The van der Waals surface area contributed by atoms with Crippen molar-refractivity contribution in [1.29, 1.82) is 0 Å². The van der Waals surface area contributed by atoms with Crippen LogP contribution in [0.2, 0.25) is 0 Å². The molecule has 0 bridgehead atoms. The molecule has 2 aromatic heterocycles. The first kappa shape index (κ1) is 55.5. The molecular formula is C90H60N4. The number of nitrogens with one attached hydrogen (secondary N) is 1. The third-order valence-corrected chi connectivity index (χ3v) is 19.1. The van der Waals surface area contributed by atoms with E-state index in [1.54, 1.807) is 6.92 Å². The number of benzene rings is 15. The van der Waals surface area contributed by atoms with Gasteiger partial charge in [-0.2, -0.15) is 0 Å². The maximum absolute atomic E-state index is 4.72. The average Bonchev–Trinajstić information content (AvgIpc) is 1.37. The molecule has 0 saturated heterocycles. The number of terminal acetylenes is 1. The molecule has 1 N–H and O–H groups in total. The fourth-order valence-corrected chi connectivity index (χ4v) is 15.2. The van der Waals surface area contributed by atoms with Crippen LogP contribution in [-0.2, 0) is 5.41 Å². The lowest BCUT2D eigenvalue weighted by Gasteiger charge is -2.40. The lowest BCUT2D eigenvalue weighted by atomic mass is 9.61. The zero-order valence-corrected chi connectivity index (χ0v) is 51.7. The number of rotatable bonds is 7. The summed E-state index contributed by atoms with van der Waals surface area (Å²) < 4.78 is 4.76. The van der Waals surface area contributed by atoms with Crippen LogP contribution < -0.4 is 10.2 Å². The Balaban J connectivity index is 0.000000160. The second-order valence-electron chi connectivity index (χ2n) is 24.1. The molecule has 4 nitrogen and oxygen atoms in total. The molecule has 19 rings (SSSR count). The molecule has 94 heavy (non-hydrogen) atoms. The van der Waals surface area contributed by atoms with Gasteiger partial charge in [-0.1, -0.05) is 249 Å². The van der Waals surface area contributed by atoms with Gasteiger partial charge in [0.25, 0.3) is 0 Å². The van der Waals surface area contributed by atoms with Gasteiger partial charge in [-0.15, -0.1) is 6.42 Å². The largest absolute Gasteiger partial charge is 0.355 e. The topological polar surface area (TPSA) is 25.1 Å². The van der Waals surface area contributed by atoms with Crippen molar-refractivity contribution in [3.05, 3.63) is 356 Å². The molecule has 0 aliphatic heterocycles. The third-order valence-electron chi connectivity index (χ3n) is 19.1. The highest BCUT2D eigenvalue weighted by atomic mass is 15.1. The summed E-state index contributed by atoms with van der Waals surface area (Å²) in [6.07, 6.45) is 4.72. The number of hydrogen-bond donors (Lipinski definition) is 1. The third kappa shape index (κ3) is 8.96. The molecule has 15 aromatic carbocycles. The van der Waals surface area contributed by atoms with Gasteiger partial charge in [0.15, 0.2) is 0 Å². The Kier molecular flexibility index (Phi) is 13.6. The summed E-state index contributed by atoms with van der Waals surface area (Å²) in [6.45, 7) is 1.71. The lowest BCUT2D eigenvalue weighted by molar-refractivity contribution is 0.773. The van der Waals surface area contributed by atoms with Gasteiger partial charge in [0.05, 0.1) is 33.2 Å². The summed E-state index contributed by atoms with van der Waals surface area (Å²) in [5, 5.41) is 16.1. The highest BCUT2D eigenvalue weighted by Gasteiger charge is 2.50. The zero-order valence-electron chi connectivity index (χ0n) is 51.7. The Labute approximate surface area is 546 Å². The predicted octanol–water partition coefficient (Wildman–Crippen LogP) is 23.2. The number of fused-ring (bicyclic) bond motifs is 17. The molecule has 0 unspecified atom stereocenters. The van der Waals surface area contributed by atoms with Crippen LogP contribution in [0.1, 0.15) is 29.2 Å². The molecule has 17 aromatic rings. The van der Waals surface area contributed by atoms with E-state index >= 15 is 0 Å². The van der Waals surface area contributed by atoms with Crippen molar-refractivity contribution in [3.8, 4) is 57.8 Å². The van der Waals surface area contributed by atoms with E-state index < -0.39 is 5.41 Å². The number of para-hydroxylation sites is 4. The number of hydrogen-bond acceptors (Lipinski definition) is 2. The van der Waals surface area contributed by atoms with Crippen molar-refractivity contribution < 1.29 is 0 Å². The van der Waals surface area contributed by atoms with Gasteiger partial charge in [-0.05, 0) is 181 Å². The lowest BCUT2D eigenvalue weighted by Crippen LogP contribution is -2.31. The summed E-state index contributed by atoms with van der Waals surface area (Å²) in [6, 6.07) is 122. The molecule has 2 heterocycles. The van der Waals surface area contributed by atoms with E-state index in [-0.39, 0.29) is 0 Å². The van der Waals surface area contributed by atoms with Crippen molar-refractivity contribution in [3.63, 3.8) is 0 Å². The fraction of sp³-hybridized carbons (Fsp3) is 0.0222. The van der Waals surface area contributed by atoms with E-state index in [9.17, 15) is 0 Å². The quantitative estimate of drug-likeness (QED) is 0.161. The average molecular weight is 1200 g/mol. The van der Waals surface area contributed by atoms with Gasteiger partial charge >= 0.3 is 0 Å². The summed E-state index contributed by atoms with van der Waals surface area (Å²) in [5.74, 6) is 7.08. The van der Waals surface area contributed by atoms with Crippen LogP contribution >= 0.6 is 0 Å². The van der Waals surface area contributed by atoms with Crippen molar-refractivity contribution in [2.24, 2.45) is 0 Å². The first-order valence-electron chi connectivity index (χ1n) is 32.0. The minimum Gasteiger partial charge on any atom is -0.355 e. The molecule has 2 aliphatic carbocycles. The van der Waals surface area contributed by atoms with E-state index in [1.165, 1.54) is 126 Å². The van der Waals surface area contributed by atoms with Crippen LogP contribution in [0.15, 0.2) is 334 Å². The zero-order chi connectivity index (χ0) is 62.7. The van der Waals surface area contributed by atoms with Crippen LogP contribution in [0, 0.1) is 24.2 Å². The molecular weight excluding hydrogens is 1140 g/mol. The first-order valence-corrected chi connectivity index (χ1v) is 32.0. The Morgan fingerprint density at radius 3 is 1.36 bits per heavy atom.